The van der Waals surface area contributed by atoms with Crippen LogP contribution in [0.1, 0.15) is 11.1 Å². The molecule has 2 rings (SSSR count). The van der Waals surface area contributed by atoms with Crippen LogP contribution in [0.25, 0.3) is 0 Å². The van der Waals surface area contributed by atoms with Gasteiger partial charge in [0.15, 0.2) is 0 Å². The molecule has 0 spiro atoms. The fourth-order valence-corrected chi connectivity index (χ4v) is 1.72. The lowest BCUT2D eigenvalue weighted by Gasteiger charge is -2.09. The number of ether oxygens (including phenoxy) is 2. The van der Waals surface area contributed by atoms with Gasteiger partial charge in [-0.3, -0.25) is 5.32 Å². The van der Waals surface area contributed by atoms with Crippen LogP contribution in [0, 0.1) is 11.3 Å². The van der Waals surface area contributed by atoms with Crippen LogP contribution in [0.5, 0.6) is 5.75 Å². The molecule has 106 valence electrons. The lowest BCUT2D eigenvalue weighted by atomic mass is 10.2. The predicted octanol–water partition coefficient (Wildman–Crippen LogP) is 3.32. The number of rotatable bonds is 4. The molecule has 0 radical (unpaired) electrons. The van der Waals surface area contributed by atoms with Crippen LogP contribution in [0.3, 0.4) is 0 Å². The summed E-state index contributed by atoms with van der Waals surface area (Å²) < 4.78 is 10.1. The van der Waals surface area contributed by atoms with Gasteiger partial charge >= 0.3 is 6.09 Å². The van der Waals surface area contributed by atoms with Crippen molar-refractivity contribution in [2.75, 3.05) is 12.4 Å². The van der Waals surface area contributed by atoms with E-state index < -0.39 is 6.09 Å². The van der Waals surface area contributed by atoms with Crippen LogP contribution in [0.2, 0.25) is 0 Å². The number of hydrogen-bond donors (Lipinski definition) is 1. The van der Waals surface area contributed by atoms with Crippen molar-refractivity contribution in [1.82, 2.24) is 0 Å². The summed E-state index contributed by atoms with van der Waals surface area (Å²) in [5.74, 6) is 0.551. The number of amides is 1. The van der Waals surface area contributed by atoms with E-state index in [1.807, 2.05) is 36.4 Å². The van der Waals surface area contributed by atoms with Crippen LogP contribution in [0.15, 0.2) is 48.5 Å². The summed E-state index contributed by atoms with van der Waals surface area (Å²) in [6.07, 6.45) is -0.611. The highest BCUT2D eigenvalue weighted by atomic mass is 16.5. The third kappa shape index (κ3) is 3.98. The summed E-state index contributed by atoms with van der Waals surface area (Å²) in [5.41, 5.74) is 1.59. The molecule has 2 aromatic carbocycles. The maximum absolute atomic E-state index is 11.7. The maximum atomic E-state index is 11.7. The summed E-state index contributed by atoms with van der Waals surface area (Å²) in [5, 5.41) is 11.6. The van der Waals surface area contributed by atoms with E-state index in [0.717, 1.165) is 5.56 Å². The van der Waals surface area contributed by atoms with E-state index in [0.29, 0.717) is 17.0 Å². The number of nitrogens with zero attached hydrogens (tertiary/aromatic N) is 1. The van der Waals surface area contributed by atoms with Gasteiger partial charge in [0.25, 0.3) is 0 Å². The average Bonchev–Trinajstić information content (AvgIpc) is 2.54. The third-order valence-electron chi connectivity index (χ3n) is 2.80. The van der Waals surface area contributed by atoms with Crippen LogP contribution in [0.4, 0.5) is 10.5 Å². The minimum atomic E-state index is -0.611. The van der Waals surface area contributed by atoms with E-state index in [1.54, 1.807) is 18.2 Å². The van der Waals surface area contributed by atoms with E-state index in [2.05, 4.69) is 5.32 Å². The lowest BCUT2D eigenvalue weighted by molar-refractivity contribution is 0.155. The third-order valence-corrected chi connectivity index (χ3v) is 2.80. The Hall–Kier alpha value is -3.00. The highest BCUT2D eigenvalue weighted by Crippen LogP contribution is 2.21. The van der Waals surface area contributed by atoms with Crippen molar-refractivity contribution in [3.05, 3.63) is 59.7 Å². The first kappa shape index (κ1) is 14.4. The zero-order valence-electron chi connectivity index (χ0n) is 11.5. The molecule has 1 N–H and O–H groups in total. The van der Waals surface area contributed by atoms with E-state index in [9.17, 15) is 4.79 Å². The number of hydrogen-bond acceptors (Lipinski definition) is 4. The lowest BCUT2D eigenvalue weighted by Crippen LogP contribution is -2.14. The zero-order chi connectivity index (χ0) is 15.1. The zero-order valence-corrected chi connectivity index (χ0v) is 11.5. The molecule has 0 atom stereocenters. The van der Waals surface area contributed by atoms with Crippen molar-refractivity contribution < 1.29 is 14.3 Å². The van der Waals surface area contributed by atoms with Crippen molar-refractivity contribution in [3.63, 3.8) is 0 Å². The molecule has 0 aliphatic carbocycles. The van der Waals surface area contributed by atoms with Crippen molar-refractivity contribution in [2.24, 2.45) is 0 Å². The molecule has 0 saturated carbocycles. The highest BCUT2D eigenvalue weighted by molar-refractivity contribution is 5.86. The Morgan fingerprint density at radius 1 is 1.24 bits per heavy atom. The fraction of sp³-hybridized carbons (Fsp3) is 0.125. The number of carbonyl (C=O) groups is 1. The quantitative estimate of drug-likeness (QED) is 0.933. The van der Waals surface area contributed by atoms with Crippen LogP contribution in [-0.2, 0) is 11.3 Å². The van der Waals surface area contributed by atoms with Gasteiger partial charge in [-0.05, 0) is 23.8 Å². The molecular formula is C16H14N2O3. The van der Waals surface area contributed by atoms with E-state index in [4.69, 9.17) is 14.7 Å². The monoisotopic (exact) mass is 282 g/mol. The summed E-state index contributed by atoms with van der Waals surface area (Å²) in [7, 11) is 1.51. The number of nitrogens with one attached hydrogen (secondary N) is 1. The number of nitriles is 1. The van der Waals surface area contributed by atoms with Gasteiger partial charge < -0.3 is 9.47 Å². The van der Waals surface area contributed by atoms with Crippen molar-refractivity contribution in [1.29, 1.82) is 5.26 Å². The molecule has 21 heavy (non-hydrogen) atoms. The first-order valence-electron chi connectivity index (χ1n) is 6.29. The molecule has 0 aromatic heterocycles. The second-order valence-electron chi connectivity index (χ2n) is 4.21. The maximum Gasteiger partial charge on any atom is 0.411 e. The normalized spacial score (nSPS) is 9.52. The molecule has 0 bridgehead atoms. The standard InChI is InChI=1S/C16H14N2O3/c1-20-14-7-8-15(13(9-14)10-17)18-16(19)21-11-12-5-3-2-4-6-12/h2-9H,11H2,1H3,(H,18,19). The Labute approximate surface area is 122 Å². The molecule has 0 aliphatic rings. The van der Waals surface area contributed by atoms with Crippen LogP contribution in [-0.4, -0.2) is 13.2 Å². The Morgan fingerprint density at radius 3 is 2.67 bits per heavy atom. The first-order chi connectivity index (χ1) is 10.2. The smallest absolute Gasteiger partial charge is 0.411 e. The molecule has 5 nitrogen and oxygen atoms in total. The number of methoxy groups -OCH3 is 1. The van der Waals surface area contributed by atoms with Gasteiger partial charge in [-0.1, -0.05) is 30.3 Å². The summed E-state index contributed by atoms with van der Waals surface area (Å²) in [6.45, 7) is 0.171. The molecule has 2 aromatic rings. The minimum Gasteiger partial charge on any atom is -0.497 e. The van der Waals surface area contributed by atoms with Gasteiger partial charge in [0, 0.05) is 0 Å². The second kappa shape index (κ2) is 6.96. The summed E-state index contributed by atoms with van der Waals surface area (Å²) in [6, 6.07) is 16.2. The number of carbonyl (C=O) groups excluding carboxylic acids is 1. The Bertz CT molecular complexity index is 663. The van der Waals surface area contributed by atoms with Gasteiger partial charge in [0.05, 0.1) is 18.4 Å². The van der Waals surface area contributed by atoms with E-state index in [-0.39, 0.29) is 6.61 Å². The second-order valence-corrected chi connectivity index (χ2v) is 4.21. The van der Waals surface area contributed by atoms with Crippen LogP contribution >= 0.6 is 0 Å². The van der Waals surface area contributed by atoms with Crippen molar-refractivity contribution >= 4 is 11.8 Å². The van der Waals surface area contributed by atoms with Gasteiger partial charge in [-0.2, -0.15) is 5.26 Å². The minimum absolute atomic E-state index is 0.171. The molecule has 1 amide bonds. The van der Waals surface area contributed by atoms with Crippen LogP contribution < -0.4 is 10.1 Å². The molecular weight excluding hydrogens is 268 g/mol. The molecule has 0 saturated heterocycles. The van der Waals surface area contributed by atoms with E-state index in [1.165, 1.54) is 7.11 Å². The topological polar surface area (TPSA) is 71.3 Å². The average molecular weight is 282 g/mol. The Balaban J connectivity index is 1.98. The molecule has 0 heterocycles. The number of benzene rings is 2. The number of anilines is 1. The van der Waals surface area contributed by atoms with Gasteiger partial charge in [0.2, 0.25) is 0 Å². The highest BCUT2D eigenvalue weighted by Gasteiger charge is 2.09. The first-order valence-corrected chi connectivity index (χ1v) is 6.29. The van der Waals surface area contributed by atoms with E-state index >= 15 is 0 Å². The summed E-state index contributed by atoms with van der Waals surface area (Å²) in [4.78, 5) is 11.7. The predicted molar refractivity (Wildman–Crippen MR) is 78.0 cm³/mol. The van der Waals surface area contributed by atoms with Gasteiger partial charge in [0.1, 0.15) is 18.4 Å². The van der Waals surface area contributed by atoms with Gasteiger partial charge in [-0.15, -0.1) is 0 Å². The van der Waals surface area contributed by atoms with Crippen molar-refractivity contribution in [2.45, 2.75) is 6.61 Å². The summed E-state index contributed by atoms with van der Waals surface area (Å²) >= 11 is 0. The largest absolute Gasteiger partial charge is 0.497 e. The van der Waals surface area contributed by atoms with Crippen molar-refractivity contribution in [3.8, 4) is 11.8 Å². The SMILES string of the molecule is COc1ccc(NC(=O)OCc2ccccc2)c(C#N)c1. The fourth-order valence-electron chi connectivity index (χ4n) is 1.72. The molecule has 0 aliphatic heterocycles. The molecule has 5 heteroatoms. The van der Waals surface area contributed by atoms with Gasteiger partial charge in [-0.25, -0.2) is 4.79 Å². The Morgan fingerprint density at radius 2 is 2.00 bits per heavy atom. The molecule has 0 unspecified atom stereocenters. The molecule has 0 fully saturated rings. The Kier molecular flexibility index (Phi) is 4.78.